The molecule has 1 aromatic carbocycles. The number of rotatable bonds is 3. The highest BCUT2D eigenvalue weighted by atomic mass is 79.9. The lowest BCUT2D eigenvalue weighted by Crippen LogP contribution is -2.35. The van der Waals surface area contributed by atoms with Gasteiger partial charge in [0, 0.05) is 5.56 Å². The minimum atomic E-state index is -3.30. The van der Waals surface area contributed by atoms with Gasteiger partial charge in [-0.2, -0.15) is 0 Å². The van der Waals surface area contributed by atoms with Gasteiger partial charge in [-0.15, -0.1) is 0 Å². The van der Waals surface area contributed by atoms with E-state index in [4.69, 9.17) is 4.74 Å². The molecular weight excluding hydrogens is 332 g/mol. The zero-order valence-electron chi connectivity index (χ0n) is 10.6. The van der Waals surface area contributed by atoms with E-state index in [2.05, 4.69) is 15.9 Å². The van der Waals surface area contributed by atoms with E-state index < -0.39 is 15.1 Å². The second kappa shape index (κ2) is 5.63. The maximum atomic E-state index is 12.3. The fourth-order valence-corrected chi connectivity index (χ4v) is 4.67. The third-order valence-corrected chi connectivity index (χ3v) is 6.10. The quantitative estimate of drug-likeness (QED) is 0.789. The first-order valence-electron chi connectivity index (χ1n) is 6.05. The van der Waals surface area contributed by atoms with Crippen LogP contribution in [-0.2, 0) is 9.84 Å². The number of sulfone groups is 1. The third kappa shape index (κ3) is 3.00. The topological polar surface area (TPSA) is 60.4 Å². The summed E-state index contributed by atoms with van der Waals surface area (Å²) < 4.78 is 29.6. The molecule has 1 atom stereocenters. The second-order valence-electron chi connectivity index (χ2n) is 4.56. The Bertz CT molecular complexity index is 595. The predicted octanol–water partition coefficient (Wildman–Crippen LogP) is 2.61. The van der Waals surface area contributed by atoms with Gasteiger partial charge in [0.2, 0.25) is 0 Å². The molecule has 4 nitrogen and oxygen atoms in total. The molecule has 0 radical (unpaired) electrons. The molecule has 0 spiro atoms. The standard InChI is InChI=1S/C13H15BrO4S/c1-18-11-6-5-9(8-10(11)14)13(15)12-4-2-3-7-19(12,16)17/h5-6,8,12H,2-4,7H2,1H3. The number of halogens is 1. The van der Waals surface area contributed by atoms with E-state index >= 15 is 0 Å². The van der Waals surface area contributed by atoms with Gasteiger partial charge in [0.1, 0.15) is 11.0 Å². The summed E-state index contributed by atoms with van der Waals surface area (Å²) in [6, 6.07) is 4.88. The Morgan fingerprint density at radius 2 is 2.11 bits per heavy atom. The number of Topliss-reactive ketones (excluding diaryl/α,β-unsaturated/α-hetero) is 1. The number of carbonyl (C=O) groups is 1. The monoisotopic (exact) mass is 346 g/mol. The number of methoxy groups -OCH3 is 1. The molecule has 0 aliphatic carbocycles. The first kappa shape index (κ1) is 14.5. The van der Waals surface area contributed by atoms with Gasteiger partial charge in [0.05, 0.1) is 17.3 Å². The van der Waals surface area contributed by atoms with Gasteiger partial charge >= 0.3 is 0 Å². The summed E-state index contributed by atoms with van der Waals surface area (Å²) in [6.45, 7) is 0. The van der Waals surface area contributed by atoms with Crippen LogP contribution in [0.4, 0.5) is 0 Å². The Morgan fingerprint density at radius 1 is 1.37 bits per heavy atom. The summed E-state index contributed by atoms with van der Waals surface area (Å²) >= 11 is 3.30. The van der Waals surface area contributed by atoms with E-state index in [1.54, 1.807) is 18.2 Å². The molecule has 1 heterocycles. The Labute approximate surface area is 121 Å². The summed E-state index contributed by atoms with van der Waals surface area (Å²) in [5.41, 5.74) is 0.406. The van der Waals surface area contributed by atoms with E-state index in [1.807, 2.05) is 0 Å². The molecular formula is C13H15BrO4S. The predicted molar refractivity (Wildman–Crippen MR) is 76.5 cm³/mol. The highest BCUT2D eigenvalue weighted by molar-refractivity contribution is 9.10. The average molecular weight is 347 g/mol. The Hall–Kier alpha value is -0.880. The van der Waals surface area contributed by atoms with Gasteiger partial charge in [-0.05, 0) is 47.0 Å². The summed E-state index contributed by atoms with van der Waals surface area (Å²) in [4.78, 5) is 12.3. The Balaban J connectivity index is 2.31. The zero-order chi connectivity index (χ0) is 14.0. The summed E-state index contributed by atoms with van der Waals surface area (Å²) in [5, 5.41) is -0.887. The molecule has 1 aliphatic heterocycles. The number of hydrogen-bond acceptors (Lipinski definition) is 4. The van der Waals surface area contributed by atoms with Crippen LogP contribution in [0.25, 0.3) is 0 Å². The van der Waals surface area contributed by atoms with Crippen molar-refractivity contribution in [2.75, 3.05) is 12.9 Å². The van der Waals surface area contributed by atoms with Gasteiger partial charge in [-0.3, -0.25) is 4.79 Å². The molecule has 1 fully saturated rings. The van der Waals surface area contributed by atoms with E-state index in [1.165, 1.54) is 7.11 Å². The van der Waals surface area contributed by atoms with Crippen molar-refractivity contribution in [1.29, 1.82) is 0 Å². The molecule has 1 aliphatic rings. The summed E-state index contributed by atoms with van der Waals surface area (Å²) in [5.74, 6) is 0.409. The highest BCUT2D eigenvalue weighted by Crippen LogP contribution is 2.28. The van der Waals surface area contributed by atoms with Crippen LogP contribution in [0.1, 0.15) is 29.6 Å². The van der Waals surface area contributed by atoms with Gasteiger partial charge in [0.25, 0.3) is 0 Å². The average Bonchev–Trinajstić information content (AvgIpc) is 2.37. The number of carbonyl (C=O) groups excluding carboxylic acids is 1. The number of benzene rings is 1. The molecule has 0 aromatic heterocycles. The molecule has 6 heteroatoms. The van der Waals surface area contributed by atoms with Crippen molar-refractivity contribution in [2.45, 2.75) is 24.5 Å². The Kier molecular flexibility index (Phi) is 4.30. The van der Waals surface area contributed by atoms with Crippen LogP contribution in [-0.4, -0.2) is 32.3 Å². The normalized spacial score (nSPS) is 21.9. The zero-order valence-corrected chi connectivity index (χ0v) is 13.0. The molecule has 2 rings (SSSR count). The number of ether oxygens (including phenoxy) is 1. The van der Waals surface area contributed by atoms with Crippen molar-refractivity contribution in [3.05, 3.63) is 28.2 Å². The second-order valence-corrected chi connectivity index (χ2v) is 7.72. The van der Waals surface area contributed by atoms with E-state index in [-0.39, 0.29) is 11.5 Å². The van der Waals surface area contributed by atoms with E-state index in [9.17, 15) is 13.2 Å². The molecule has 1 saturated heterocycles. The van der Waals surface area contributed by atoms with Crippen molar-refractivity contribution in [1.82, 2.24) is 0 Å². The van der Waals surface area contributed by atoms with Crippen LogP contribution in [0.5, 0.6) is 5.75 Å². The molecule has 1 aromatic rings. The lowest BCUT2D eigenvalue weighted by molar-refractivity contribution is 0.0981. The first-order valence-corrected chi connectivity index (χ1v) is 8.56. The molecule has 1 unspecified atom stereocenters. The van der Waals surface area contributed by atoms with Crippen LogP contribution >= 0.6 is 15.9 Å². The van der Waals surface area contributed by atoms with Crippen molar-refractivity contribution >= 4 is 31.6 Å². The van der Waals surface area contributed by atoms with Crippen LogP contribution < -0.4 is 4.74 Å². The van der Waals surface area contributed by atoms with Gasteiger partial charge in [0.15, 0.2) is 15.6 Å². The summed E-state index contributed by atoms with van der Waals surface area (Å²) in [6.07, 6.45) is 1.86. The molecule has 0 bridgehead atoms. The minimum Gasteiger partial charge on any atom is -0.496 e. The molecule has 0 N–H and O–H groups in total. The minimum absolute atomic E-state index is 0.112. The SMILES string of the molecule is COc1ccc(C(=O)C2CCCCS2(=O)=O)cc1Br. The molecule has 0 amide bonds. The van der Waals surface area contributed by atoms with E-state index in [0.29, 0.717) is 28.6 Å². The molecule has 104 valence electrons. The maximum Gasteiger partial charge on any atom is 0.180 e. The van der Waals surface area contributed by atoms with Gasteiger partial charge in [-0.1, -0.05) is 6.42 Å². The molecule has 19 heavy (non-hydrogen) atoms. The lowest BCUT2D eigenvalue weighted by Gasteiger charge is -2.21. The number of ketones is 1. The fraction of sp³-hybridized carbons (Fsp3) is 0.462. The van der Waals surface area contributed by atoms with Crippen molar-refractivity contribution in [2.24, 2.45) is 0 Å². The van der Waals surface area contributed by atoms with Crippen molar-refractivity contribution in [3.63, 3.8) is 0 Å². The highest BCUT2D eigenvalue weighted by Gasteiger charge is 2.35. The van der Waals surface area contributed by atoms with Crippen LogP contribution in [0.2, 0.25) is 0 Å². The van der Waals surface area contributed by atoms with E-state index in [0.717, 1.165) is 6.42 Å². The number of hydrogen-bond donors (Lipinski definition) is 0. The largest absolute Gasteiger partial charge is 0.496 e. The van der Waals surface area contributed by atoms with Gasteiger partial charge < -0.3 is 4.74 Å². The third-order valence-electron chi connectivity index (χ3n) is 3.31. The maximum absolute atomic E-state index is 12.3. The summed E-state index contributed by atoms with van der Waals surface area (Å²) in [7, 11) is -1.76. The van der Waals surface area contributed by atoms with Gasteiger partial charge in [-0.25, -0.2) is 8.42 Å². The van der Waals surface area contributed by atoms with Crippen LogP contribution in [0.15, 0.2) is 22.7 Å². The Morgan fingerprint density at radius 3 is 2.68 bits per heavy atom. The smallest absolute Gasteiger partial charge is 0.180 e. The fourth-order valence-electron chi connectivity index (χ4n) is 2.25. The lowest BCUT2D eigenvalue weighted by atomic mass is 10.0. The van der Waals surface area contributed by atoms with Crippen molar-refractivity contribution in [3.8, 4) is 5.75 Å². The van der Waals surface area contributed by atoms with Crippen molar-refractivity contribution < 1.29 is 17.9 Å². The first-order chi connectivity index (χ1) is 8.95. The van der Waals surface area contributed by atoms with Crippen LogP contribution in [0, 0.1) is 0 Å². The molecule has 0 saturated carbocycles. The van der Waals surface area contributed by atoms with Crippen LogP contribution in [0.3, 0.4) is 0 Å².